The highest BCUT2D eigenvalue weighted by Crippen LogP contribution is 2.19. The first kappa shape index (κ1) is 12.1. The van der Waals surface area contributed by atoms with Crippen molar-refractivity contribution in [3.63, 3.8) is 0 Å². The molecule has 0 saturated carbocycles. The highest BCUT2D eigenvalue weighted by molar-refractivity contribution is 4.92. The van der Waals surface area contributed by atoms with Crippen LogP contribution in [0.1, 0.15) is 31.6 Å². The third-order valence-electron chi connectivity index (χ3n) is 2.15. The van der Waals surface area contributed by atoms with Crippen molar-refractivity contribution in [1.82, 2.24) is 15.5 Å². The average Bonchev–Trinajstić information content (AvgIpc) is 2.59. The smallest absolute Gasteiger partial charge is 0.244 e. The SMILES string of the molecule is COCCNC(c1nc(C)no1)C(C)C. The number of methoxy groups -OCH3 is 1. The second kappa shape index (κ2) is 5.82. The molecule has 0 amide bonds. The van der Waals surface area contributed by atoms with Gasteiger partial charge in [0.1, 0.15) is 0 Å². The number of aromatic nitrogens is 2. The van der Waals surface area contributed by atoms with Crippen LogP contribution in [0.4, 0.5) is 0 Å². The van der Waals surface area contributed by atoms with Crippen molar-refractivity contribution in [2.45, 2.75) is 26.8 Å². The molecule has 0 fully saturated rings. The van der Waals surface area contributed by atoms with Crippen molar-refractivity contribution in [3.05, 3.63) is 11.7 Å². The molecule has 0 radical (unpaired) electrons. The predicted molar refractivity (Wildman–Crippen MR) is 56.5 cm³/mol. The first-order valence-corrected chi connectivity index (χ1v) is 5.17. The lowest BCUT2D eigenvalue weighted by molar-refractivity contribution is 0.186. The Morgan fingerprint density at radius 1 is 1.47 bits per heavy atom. The maximum Gasteiger partial charge on any atom is 0.244 e. The Balaban J connectivity index is 2.58. The van der Waals surface area contributed by atoms with E-state index in [4.69, 9.17) is 9.26 Å². The van der Waals surface area contributed by atoms with E-state index in [1.807, 2.05) is 6.92 Å². The Labute approximate surface area is 90.2 Å². The van der Waals surface area contributed by atoms with E-state index in [-0.39, 0.29) is 6.04 Å². The lowest BCUT2D eigenvalue weighted by Gasteiger charge is -2.18. The Morgan fingerprint density at radius 3 is 2.67 bits per heavy atom. The van der Waals surface area contributed by atoms with E-state index in [2.05, 4.69) is 29.3 Å². The zero-order chi connectivity index (χ0) is 11.3. The topological polar surface area (TPSA) is 60.2 Å². The fourth-order valence-corrected chi connectivity index (χ4v) is 1.36. The van der Waals surface area contributed by atoms with Crippen LogP contribution in [0, 0.1) is 12.8 Å². The largest absolute Gasteiger partial charge is 0.383 e. The summed E-state index contributed by atoms with van der Waals surface area (Å²) in [5.74, 6) is 1.73. The van der Waals surface area contributed by atoms with Gasteiger partial charge in [0.05, 0.1) is 12.6 Å². The minimum Gasteiger partial charge on any atom is -0.383 e. The molecular weight excluding hydrogens is 194 g/mol. The lowest BCUT2D eigenvalue weighted by atomic mass is 10.0. The molecule has 1 atom stereocenters. The van der Waals surface area contributed by atoms with Crippen molar-refractivity contribution in [1.29, 1.82) is 0 Å². The first-order chi connectivity index (χ1) is 7.15. The van der Waals surface area contributed by atoms with E-state index >= 15 is 0 Å². The van der Waals surface area contributed by atoms with Crippen LogP contribution in [0.15, 0.2) is 4.52 Å². The van der Waals surface area contributed by atoms with Crippen LogP contribution in [-0.4, -0.2) is 30.4 Å². The molecule has 0 aromatic carbocycles. The van der Waals surface area contributed by atoms with Crippen LogP contribution in [0.5, 0.6) is 0 Å². The van der Waals surface area contributed by atoms with E-state index in [0.717, 1.165) is 6.54 Å². The number of ether oxygens (including phenoxy) is 1. The summed E-state index contributed by atoms with van der Waals surface area (Å²) in [6.45, 7) is 7.50. The zero-order valence-electron chi connectivity index (χ0n) is 9.78. The van der Waals surface area contributed by atoms with E-state index in [9.17, 15) is 0 Å². The van der Waals surface area contributed by atoms with Gasteiger partial charge in [-0.3, -0.25) is 0 Å². The molecule has 0 aliphatic rings. The summed E-state index contributed by atoms with van der Waals surface area (Å²) in [4.78, 5) is 4.23. The van der Waals surface area contributed by atoms with Gasteiger partial charge in [0.25, 0.3) is 0 Å². The molecule has 86 valence electrons. The minimum absolute atomic E-state index is 0.0985. The summed E-state index contributed by atoms with van der Waals surface area (Å²) < 4.78 is 10.1. The zero-order valence-corrected chi connectivity index (χ0v) is 9.78. The summed E-state index contributed by atoms with van der Waals surface area (Å²) in [5.41, 5.74) is 0. The second-order valence-corrected chi connectivity index (χ2v) is 3.85. The molecule has 1 N–H and O–H groups in total. The average molecular weight is 213 g/mol. The van der Waals surface area contributed by atoms with Gasteiger partial charge in [-0.05, 0) is 12.8 Å². The summed E-state index contributed by atoms with van der Waals surface area (Å²) in [6, 6.07) is 0.0985. The fourth-order valence-electron chi connectivity index (χ4n) is 1.36. The maximum absolute atomic E-state index is 5.15. The molecule has 1 rings (SSSR count). The Hall–Kier alpha value is -0.940. The standard InChI is InChI=1S/C10H19N3O2/c1-7(2)9(11-5-6-14-4)10-12-8(3)13-15-10/h7,9,11H,5-6H2,1-4H3. The molecule has 5 nitrogen and oxygen atoms in total. The van der Waals surface area contributed by atoms with Crippen LogP contribution in [0.25, 0.3) is 0 Å². The minimum atomic E-state index is 0.0985. The fraction of sp³-hybridized carbons (Fsp3) is 0.800. The molecule has 0 aliphatic heterocycles. The molecule has 15 heavy (non-hydrogen) atoms. The van der Waals surface area contributed by atoms with Crippen LogP contribution in [0.2, 0.25) is 0 Å². The van der Waals surface area contributed by atoms with Gasteiger partial charge in [0, 0.05) is 13.7 Å². The number of hydrogen-bond donors (Lipinski definition) is 1. The molecule has 0 bridgehead atoms. The van der Waals surface area contributed by atoms with Gasteiger partial charge in [0.2, 0.25) is 5.89 Å². The van der Waals surface area contributed by atoms with Crippen LogP contribution >= 0.6 is 0 Å². The number of aryl methyl sites for hydroxylation is 1. The van der Waals surface area contributed by atoms with E-state index in [1.165, 1.54) is 0 Å². The van der Waals surface area contributed by atoms with Gasteiger partial charge < -0.3 is 14.6 Å². The second-order valence-electron chi connectivity index (χ2n) is 3.85. The van der Waals surface area contributed by atoms with Crippen molar-refractivity contribution in [2.24, 2.45) is 5.92 Å². The number of hydrogen-bond acceptors (Lipinski definition) is 5. The van der Waals surface area contributed by atoms with Crippen molar-refractivity contribution < 1.29 is 9.26 Å². The molecule has 5 heteroatoms. The third-order valence-corrected chi connectivity index (χ3v) is 2.15. The van der Waals surface area contributed by atoms with Crippen LogP contribution in [-0.2, 0) is 4.74 Å². The maximum atomic E-state index is 5.15. The third kappa shape index (κ3) is 3.60. The van der Waals surface area contributed by atoms with Gasteiger partial charge in [-0.1, -0.05) is 19.0 Å². The molecule has 1 heterocycles. The van der Waals surface area contributed by atoms with Crippen LogP contribution < -0.4 is 5.32 Å². The Bertz CT molecular complexity index is 286. The van der Waals surface area contributed by atoms with Crippen molar-refractivity contribution >= 4 is 0 Å². The van der Waals surface area contributed by atoms with Gasteiger partial charge >= 0.3 is 0 Å². The van der Waals surface area contributed by atoms with Crippen molar-refractivity contribution in [3.8, 4) is 0 Å². The summed E-state index contributed by atoms with van der Waals surface area (Å²) in [7, 11) is 1.68. The highest BCUT2D eigenvalue weighted by Gasteiger charge is 2.20. The molecule has 0 aliphatic carbocycles. The van der Waals surface area contributed by atoms with Crippen LogP contribution in [0.3, 0.4) is 0 Å². The summed E-state index contributed by atoms with van der Waals surface area (Å²) in [5, 5.41) is 7.12. The molecule has 0 saturated heterocycles. The molecule has 1 aromatic heterocycles. The monoisotopic (exact) mass is 213 g/mol. The summed E-state index contributed by atoms with van der Waals surface area (Å²) >= 11 is 0. The van der Waals surface area contributed by atoms with Gasteiger partial charge in [-0.25, -0.2) is 0 Å². The Morgan fingerprint density at radius 2 is 2.20 bits per heavy atom. The number of nitrogens with zero attached hydrogens (tertiary/aromatic N) is 2. The predicted octanol–water partition coefficient (Wildman–Crippen LogP) is 1.31. The molecule has 1 unspecified atom stereocenters. The van der Waals surface area contributed by atoms with Gasteiger partial charge in [-0.15, -0.1) is 0 Å². The van der Waals surface area contributed by atoms with E-state index < -0.39 is 0 Å². The van der Waals surface area contributed by atoms with E-state index in [0.29, 0.717) is 24.2 Å². The number of nitrogens with one attached hydrogen (secondary N) is 1. The molecule has 0 spiro atoms. The normalized spacial score (nSPS) is 13.4. The summed E-state index contributed by atoms with van der Waals surface area (Å²) in [6.07, 6.45) is 0. The quantitative estimate of drug-likeness (QED) is 0.722. The van der Waals surface area contributed by atoms with Gasteiger partial charge in [0.15, 0.2) is 5.82 Å². The van der Waals surface area contributed by atoms with Crippen molar-refractivity contribution in [2.75, 3.05) is 20.3 Å². The number of rotatable bonds is 6. The van der Waals surface area contributed by atoms with Gasteiger partial charge in [-0.2, -0.15) is 4.98 Å². The molecule has 1 aromatic rings. The Kier molecular flexibility index (Phi) is 4.71. The van der Waals surface area contributed by atoms with E-state index in [1.54, 1.807) is 7.11 Å². The first-order valence-electron chi connectivity index (χ1n) is 5.17. The molecular formula is C10H19N3O2. The lowest BCUT2D eigenvalue weighted by Crippen LogP contribution is -2.29. The highest BCUT2D eigenvalue weighted by atomic mass is 16.5.